The van der Waals surface area contributed by atoms with Gasteiger partial charge in [-0.25, -0.2) is 0 Å². The van der Waals surface area contributed by atoms with Crippen LogP contribution < -0.4 is 4.90 Å². The summed E-state index contributed by atoms with van der Waals surface area (Å²) in [4.78, 5) is 18.0. The fourth-order valence-corrected chi connectivity index (χ4v) is 1.89. The molecular weight excluding hydrogens is 212 g/mol. The van der Waals surface area contributed by atoms with Crippen LogP contribution in [0.25, 0.3) is 0 Å². The van der Waals surface area contributed by atoms with Crippen LogP contribution in [0.1, 0.15) is 36.7 Å². The van der Waals surface area contributed by atoms with Crippen LogP contribution in [0.5, 0.6) is 0 Å². The molecule has 3 nitrogen and oxygen atoms in total. The molecule has 0 unspecified atom stereocenters. The number of hydrogen-bond donors (Lipinski definition) is 0. The summed E-state index contributed by atoms with van der Waals surface area (Å²) in [5.74, 6) is 0.0956. The molecule has 0 saturated heterocycles. The molecule has 0 amide bonds. The first-order valence-electron chi connectivity index (χ1n) is 6.13. The third-order valence-corrected chi connectivity index (χ3v) is 3.00. The minimum atomic E-state index is 0.0956. The van der Waals surface area contributed by atoms with Crippen LogP contribution in [0.4, 0.5) is 5.69 Å². The largest absolute Gasteiger partial charge is 0.364 e. The number of carbonyl (C=O) groups is 1. The van der Waals surface area contributed by atoms with Crippen molar-refractivity contribution in [1.29, 1.82) is 0 Å². The lowest BCUT2D eigenvalue weighted by Crippen LogP contribution is -2.25. The van der Waals surface area contributed by atoms with E-state index in [0.717, 1.165) is 12.2 Å². The van der Waals surface area contributed by atoms with E-state index in [4.69, 9.17) is 0 Å². The molecule has 1 fully saturated rings. The van der Waals surface area contributed by atoms with Gasteiger partial charge in [-0.3, -0.25) is 9.78 Å². The molecule has 1 aliphatic rings. The molecule has 1 saturated carbocycles. The van der Waals surface area contributed by atoms with Gasteiger partial charge >= 0.3 is 0 Å². The van der Waals surface area contributed by atoms with Crippen LogP contribution in [0, 0.1) is 0 Å². The van der Waals surface area contributed by atoms with Gasteiger partial charge in [0.1, 0.15) is 5.69 Å². The highest BCUT2D eigenvalue weighted by molar-refractivity contribution is 5.94. The number of Topliss-reactive ketones (excluding diaryl/α,β-unsaturated/α-hetero) is 1. The van der Waals surface area contributed by atoms with Gasteiger partial charge in [-0.1, -0.05) is 13.0 Å². The maximum atomic E-state index is 11.5. The predicted molar refractivity (Wildman–Crippen MR) is 69.4 cm³/mol. The Balaban J connectivity index is 2.15. The van der Waals surface area contributed by atoms with Crippen molar-refractivity contribution in [3.63, 3.8) is 0 Å². The molecule has 0 aromatic carbocycles. The highest BCUT2D eigenvalue weighted by atomic mass is 16.1. The highest BCUT2D eigenvalue weighted by Crippen LogP contribution is 2.31. The maximum Gasteiger partial charge on any atom is 0.180 e. The van der Waals surface area contributed by atoms with Crippen LogP contribution in [0.15, 0.2) is 31.0 Å². The Hall–Kier alpha value is -1.64. The van der Waals surface area contributed by atoms with Crippen LogP contribution in [0.3, 0.4) is 0 Å². The third kappa shape index (κ3) is 2.73. The summed E-state index contributed by atoms with van der Waals surface area (Å²) >= 11 is 0. The summed E-state index contributed by atoms with van der Waals surface area (Å²) < 4.78 is 0. The molecule has 1 aliphatic carbocycles. The SMILES string of the molecule is C=CCN(c1ccc(C(=O)CC)nc1)C1CC1. The number of carbonyl (C=O) groups excluding carboxylic acids is 1. The first-order valence-corrected chi connectivity index (χ1v) is 6.13. The summed E-state index contributed by atoms with van der Waals surface area (Å²) in [6, 6.07) is 4.43. The Morgan fingerprint density at radius 1 is 1.59 bits per heavy atom. The number of aromatic nitrogens is 1. The van der Waals surface area contributed by atoms with E-state index in [-0.39, 0.29) is 5.78 Å². The summed E-state index contributed by atoms with van der Waals surface area (Å²) in [7, 11) is 0. The van der Waals surface area contributed by atoms with E-state index >= 15 is 0 Å². The Bertz CT molecular complexity index is 407. The highest BCUT2D eigenvalue weighted by Gasteiger charge is 2.28. The van der Waals surface area contributed by atoms with E-state index in [1.807, 2.05) is 25.1 Å². The van der Waals surface area contributed by atoms with Crippen molar-refractivity contribution in [3.8, 4) is 0 Å². The smallest absolute Gasteiger partial charge is 0.180 e. The van der Waals surface area contributed by atoms with E-state index in [1.54, 1.807) is 6.20 Å². The summed E-state index contributed by atoms with van der Waals surface area (Å²) in [6.45, 7) is 6.47. The van der Waals surface area contributed by atoms with Gasteiger partial charge in [-0.15, -0.1) is 6.58 Å². The molecule has 0 spiro atoms. The van der Waals surface area contributed by atoms with E-state index in [0.29, 0.717) is 18.2 Å². The zero-order valence-corrected chi connectivity index (χ0v) is 10.2. The zero-order chi connectivity index (χ0) is 12.3. The standard InChI is InChI=1S/C14H18N2O/c1-3-9-16(11-5-6-11)12-7-8-13(15-10-12)14(17)4-2/h3,7-8,10-11H,1,4-6,9H2,2H3. The van der Waals surface area contributed by atoms with Crippen LogP contribution in [-0.4, -0.2) is 23.4 Å². The molecule has 1 aromatic rings. The van der Waals surface area contributed by atoms with Crippen LogP contribution in [0.2, 0.25) is 0 Å². The molecule has 1 heterocycles. The molecule has 90 valence electrons. The van der Waals surface area contributed by atoms with Crippen LogP contribution >= 0.6 is 0 Å². The van der Waals surface area contributed by atoms with Crippen molar-refractivity contribution in [2.45, 2.75) is 32.2 Å². The van der Waals surface area contributed by atoms with Crippen molar-refractivity contribution in [2.75, 3.05) is 11.4 Å². The first kappa shape index (κ1) is 11.8. The van der Waals surface area contributed by atoms with Gasteiger partial charge in [0.2, 0.25) is 0 Å². The second kappa shape index (κ2) is 5.13. The Labute approximate surface area is 102 Å². The molecule has 0 bridgehead atoms. The molecule has 0 radical (unpaired) electrons. The van der Waals surface area contributed by atoms with Crippen LogP contribution in [-0.2, 0) is 0 Å². The summed E-state index contributed by atoms with van der Waals surface area (Å²) in [5, 5.41) is 0. The molecule has 17 heavy (non-hydrogen) atoms. The molecule has 0 N–H and O–H groups in total. The molecule has 1 aromatic heterocycles. The molecular formula is C14H18N2O. The zero-order valence-electron chi connectivity index (χ0n) is 10.2. The molecule has 0 aliphatic heterocycles. The quantitative estimate of drug-likeness (QED) is 0.556. The lowest BCUT2D eigenvalue weighted by Gasteiger charge is -2.22. The normalized spacial score (nSPS) is 14.4. The van der Waals surface area contributed by atoms with Crippen molar-refractivity contribution >= 4 is 11.5 Å². The second-order valence-corrected chi connectivity index (χ2v) is 4.35. The van der Waals surface area contributed by atoms with E-state index in [1.165, 1.54) is 12.8 Å². The van der Waals surface area contributed by atoms with Gasteiger partial charge in [-0.2, -0.15) is 0 Å². The molecule has 2 rings (SSSR count). The average Bonchev–Trinajstić information content (AvgIpc) is 3.19. The number of rotatable bonds is 6. The maximum absolute atomic E-state index is 11.5. The third-order valence-electron chi connectivity index (χ3n) is 3.00. The number of nitrogens with zero attached hydrogens (tertiary/aromatic N) is 2. The van der Waals surface area contributed by atoms with Gasteiger partial charge in [0.25, 0.3) is 0 Å². The lowest BCUT2D eigenvalue weighted by atomic mass is 10.2. The van der Waals surface area contributed by atoms with E-state index in [2.05, 4.69) is 16.5 Å². The van der Waals surface area contributed by atoms with Gasteiger partial charge in [-0.05, 0) is 25.0 Å². The fraction of sp³-hybridized carbons (Fsp3) is 0.429. The fourth-order valence-electron chi connectivity index (χ4n) is 1.89. The second-order valence-electron chi connectivity index (χ2n) is 4.35. The Morgan fingerprint density at radius 3 is 2.82 bits per heavy atom. The average molecular weight is 230 g/mol. The van der Waals surface area contributed by atoms with Gasteiger partial charge < -0.3 is 4.90 Å². The van der Waals surface area contributed by atoms with Crippen molar-refractivity contribution in [1.82, 2.24) is 4.98 Å². The minimum absolute atomic E-state index is 0.0956. The molecule has 0 atom stereocenters. The van der Waals surface area contributed by atoms with Gasteiger partial charge in [0.05, 0.1) is 11.9 Å². The number of ketones is 1. The van der Waals surface area contributed by atoms with Gasteiger partial charge in [0, 0.05) is 19.0 Å². The monoisotopic (exact) mass is 230 g/mol. The number of hydrogen-bond acceptors (Lipinski definition) is 3. The predicted octanol–water partition coefficient (Wildman–Crippen LogP) is 2.83. The Morgan fingerprint density at radius 2 is 2.35 bits per heavy atom. The lowest BCUT2D eigenvalue weighted by molar-refractivity contribution is 0.0983. The topological polar surface area (TPSA) is 33.2 Å². The number of pyridine rings is 1. The Kier molecular flexibility index (Phi) is 3.57. The van der Waals surface area contributed by atoms with Crippen molar-refractivity contribution in [2.24, 2.45) is 0 Å². The van der Waals surface area contributed by atoms with Crippen molar-refractivity contribution in [3.05, 3.63) is 36.7 Å². The number of anilines is 1. The van der Waals surface area contributed by atoms with E-state index in [9.17, 15) is 4.79 Å². The first-order chi connectivity index (χ1) is 8.26. The van der Waals surface area contributed by atoms with E-state index < -0.39 is 0 Å². The van der Waals surface area contributed by atoms with Crippen molar-refractivity contribution < 1.29 is 4.79 Å². The minimum Gasteiger partial charge on any atom is -0.364 e. The summed E-state index contributed by atoms with van der Waals surface area (Å²) in [6.07, 6.45) is 6.69. The molecule has 3 heteroatoms. The van der Waals surface area contributed by atoms with Gasteiger partial charge in [0.15, 0.2) is 5.78 Å². The summed E-state index contributed by atoms with van der Waals surface area (Å²) in [5.41, 5.74) is 1.64.